The van der Waals surface area contributed by atoms with E-state index in [1.165, 1.54) is 25.3 Å². The van der Waals surface area contributed by atoms with E-state index in [1.54, 1.807) is 18.2 Å². The minimum atomic E-state index is -0.678. The first-order chi connectivity index (χ1) is 15.9. The average Bonchev–Trinajstić information content (AvgIpc) is 3.35. The number of pyridine rings is 1. The molecule has 1 aliphatic rings. The number of hydrogen-bond acceptors (Lipinski definition) is 7. The highest BCUT2D eigenvalue weighted by molar-refractivity contribution is 6.23. The van der Waals surface area contributed by atoms with Gasteiger partial charge in [0.2, 0.25) is 0 Å². The number of nitrogens with one attached hydrogen (secondary N) is 2. The number of rotatable bonds is 4. The van der Waals surface area contributed by atoms with E-state index in [9.17, 15) is 19.2 Å². The van der Waals surface area contributed by atoms with Gasteiger partial charge < -0.3 is 20.2 Å². The van der Waals surface area contributed by atoms with E-state index in [0.29, 0.717) is 11.3 Å². The predicted molar refractivity (Wildman–Crippen MR) is 119 cm³/mol. The van der Waals surface area contributed by atoms with Gasteiger partial charge in [0.15, 0.2) is 5.76 Å². The fraction of sp³-hybridized carbons (Fsp3) is 0.0435. The maximum absolute atomic E-state index is 12.7. The lowest BCUT2D eigenvalue weighted by Gasteiger charge is -2.15. The van der Waals surface area contributed by atoms with Crippen LogP contribution in [0.5, 0.6) is 5.75 Å². The van der Waals surface area contributed by atoms with Gasteiger partial charge in [0, 0.05) is 17.5 Å². The van der Waals surface area contributed by atoms with Gasteiger partial charge in [-0.2, -0.15) is 0 Å². The number of nitrogens with two attached hydrogens (primary N) is 1. The van der Waals surface area contributed by atoms with Crippen LogP contribution in [0.2, 0.25) is 0 Å². The number of aromatic nitrogens is 1. The van der Waals surface area contributed by atoms with Crippen molar-refractivity contribution in [3.8, 4) is 11.4 Å². The Kier molecular flexibility index (Phi) is 4.49. The van der Waals surface area contributed by atoms with E-state index < -0.39 is 23.3 Å². The molecule has 3 amide bonds. The summed E-state index contributed by atoms with van der Waals surface area (Å²) in [6.45, 7) is 0. The predicted octanol–water partition coefficient (Wildman–Crippen LogP) is 2.31. The molecule has 10 nitrogen and oxygen atoms in total. The Morgan fingerprint density at radius 2 is 1.85 bits per heavy atom. The van der Waals surface area contributed by atoms with Crippen LogP contribution in [-0.4, -0.2) is 29.4 Å². The summed E-state index contributed by atoms with van der Waals surface area (Å²) < 4.78 is 12.0. The van der Waals surface area contributed by atoms with E-state index in [2.05, 4.69) is 10.6 Å². The molecule has 0 fully saturated rings. The Morgan fingerprint density at radius 3 is 2.61 bits per heavy atom. The summed E-state index contributed by atoms with van der Waals surface area (Å²) in [5, 5.41) is 5.62. The normalized spacial score (nSPS) is 12.5. The molecule has 0 unspecified atom stereocenters. The number of hydrogen-bond donors (Lipinski definition) is 3. The molecule has 1 aliphatic heterocycles. The second-order valence-electron chi connectivity index (χ2n) is 7.26. The Hall–Kier alpha value is -4.86. The van der Waals surface area contributed by atoms with E-state index in [1.807, 2.05) is 12.1 Å². The number of fused-ring (bicyclic) bond motifs is 2. The number of imide groups is 1. The molecule has 10 heteroatoms. The zero-order valence-corrected chi connectivity index (χ0v) is 17.2. The van der Waals surface area contributed by atoms with Crippen molar-refractivity contribution in [2.75, 3.05) is 18.2 Å². The van der Waals surface area contributed by atoms with Crippen molar-refractivity contribution in [2.45, 2.75) is 0 Å². The highest BCUT2D eigenvalue weighted by Crippen LogP contribution is 2.30. The first-order valence-corrected chi connectivity index (χ1v) is 9.77. The van der Waals surface area contributed by atoms with Crippen molar-refractivity contribution in [3.05, 3.63) is 81.8 Å². The smallest absolute Gasteiger partial charge is 0.291 e. The highest BCUT2D eigenvalue weighted by atomic mass is 16.5. The van der Waals surface area contributed by atoms with Crippen molar-refractivity contribution in [1.82, 2.24) is 9.88 Å². The summed E-state index contributed by atoms with van der Waals surface area (Å²) in [5.41, 5.74) is 6.52. The van der Waals surface area contributed by atoms with Crippen LogP contribution in [0.4, 0.5) is 11.5 Å². The Balaban J connectivity index is 1.51. The van der Waals surface area contributed by atoms with Gasteiger partial charge in [-0.25, -0.2) is 0 Å². The number of carbonyl (C=O) groups is 3. The van der Waals surface area contributed by atoms with Gasteiger partial charge in [0.25, 0.3) is 23.3 Å². The van der Waals surface area contributed by atoms with Crippen LogP contribution >= 0.6 is 0 Å². The second-order valence-corrected chi connectivity index (χ2v) is 7.26. The van der Waals surface area contributed by atoms with E-state index in [0.717, 1.165) is 16.0 Å². The van der Waals surface area contributed by atoms with Crippen molar-refractivity contribution >= 4 is 40.2 Å². The number of furan rings is 1. The molecule has 4 aromatic rings. The van der Waals surface area contributed by atoms with Gasteiger partial charge in [0.05, 0.1) is 29.6 Å². The van der Waals surface area contributed by atoms with Gasteiger partial charge in [-0.15, -0.1) is 0 Å². The lowest BCUT2D eigenvalue weighted by molar-refractivity contribution is 0.0879. The quantitative estimate of drug-likeness (QED) is 0.410. The second kappa shape index (κ2) is 7.38. The van der Waals surface area contributed by atoms with Crippen LogP contribution in [0.25, 0.3) is 16.7 Å². The van der Waals surface area contributed by atoms with Gasteiger partial charge in [0.1, 0.15) is 17.2 Å². The summed E-state index contributed by atoms with van der Waals surface area (Å²) in [7, 11) is 1.40. The zero-order chi connectivity index (χ0) is 23.3. The molecule has 2 aromatic heterocycles. The van der Waals surface area contributed by atoms with Crippen molar-refractivity contribution in [3.63, 3.8) is 0 Å². The SMILES string of the molecule is COc1cc(-n2c(N)c3c(cc2=O)C(=O)NC3=O)ccc1NC(=O)c1cc2ccccc2o1. The minimum absolute atomic E-state index is 0.0687. The molecule has 2 aromatic carbocycles. The van der Waals surface area contributed by atoms with E-state index >= 15 is 0 Å². The van der Waals surface area contributed by atoms with Gasteiger partial charge >= 0.3 is 0 Å². The Morgan fingerprint density at radius 1 is 1.06 bits per heavy atom. The van der Waals surface area contributed by atoms with Crippen LogP contribution in [0.1, 0.15) is 31.3 Å². The van der Waals surface area contributed by atoms with Crippen LogP contribution < -0.4 is 26.7 Å². The molecule has 0 saturated heterocycles. The first-order valence-electron chi connectivity index (χ1n) is 9.77. The summed E-state index contributed by atoms with van der Waals surface area (Å²) in [4.78, 5) is 49.3. The van der Waals surface area contributed by atoms with Gasteiger partial charge in [-0.3, -0.25) is 29.1 Å². The lowest BCUT2D eigenvalue weighted by Crippen LogP contribution is -2.24. The third kappa shape index (κ3) is 3.21. The maximum atomic E-state index is 12.7. The molecule has 3 heterocycles. The number of nitrogens with zero attached hydrogens (tertiary/aromatic N) is 1. The van der Waals surface area contributed by atoms with Gasteiger partial charge in [-0.05, 0) is 24.3 Å². The number of amides is 3. The highest BCUT2D eigenvalue weighted by Gasteiger charge is 2.32. The lowest BCUT2D eigenvalue weighted by atomic mass is 10.1. The largest absolute Gasteiger partial charge is 0.494 e. The number of anilines is 2. The molecular weight excluding hydrogens is 428 g/mol. The topological polar surface area (TPSA) is 146 Å². The van der Waals surface area contributed by atoms with Crippen molar-refractivity contribution < 1.29 is 23.5 Å². The van der Waals surface area contributed by atoms with Crippen molar-refractivity contribution in [1.29, 1.82) is 0 Å². The molecule has 0 aliphatic carbocycles. The molecule has 0 radical (unpaired) electrons. The molecule has 164 valence electrons. The molecule has 4 N–H and O–H groups in total. The third-order valence-electron chi connectivity index (χ3n) is 5.29. The maximum Gasteiger partial charge on any atom is 0.291 e. The number of carbonyl (C=O) groups excluding carboxylic acids is 3. The number of benzene rings is 2. The van der Waals surface area contributed by atoms with E-state index in [4.69, 9.17) is 14.9 Å². The summed E-state index contributed by atoms with van der Waals surface area (Å²) >= 11 is 0. The van der Waals surface area contributed by atoms with Crippen LogP contribution in [0, 0.1) is 0 Å². The zero-order valence-electron chi connectivity index (χ0n) is 17.2. The molecule has 0 bridgehead atoms. The molecule has 0 saturated carbocycles. The fourth-order valence-corrected chi connectivity index (χ4v) is 3.75. The molecule has 0 atom stereocenters. The first kappa shape index (κ1) is 20.1. The number of para-hydroxylation sites is 1. The van der Waals surface area contributed by atoms with Crippen molar-refractivity contribution in [2.24, 2.45) is 0 Å². The molecule has 33 heavy (non-hydrogen) atoms. The fourth-order valence-electron chi connectivity index (χ4n) is 3.75. The minimum Gasteiger partial charge on any atom is -0.494 e. The monoisotopic (exact) mass is 444 g/mol. The Bertz CT molecular complexity index is 1520. The standard InChI is InChI=1S/C23H16N4O6/c1-32-16-9-12(27-18(28)10-13-19(20(27)24)23(31)26-21(13)29)6-7-14(16)25-22(30)17-8-11-4-2-3-5-15(11)33-17/h2-10H,24H2,1H3,(H,25,30)(H,26,29,31). The summed E-state index contributed by atoms with van der Waals surface area (Å²) in [5.74, 6) is -1.65. The molecule has 5 rings (SSSR count). The Labute approximate surface area is 185 Å². The van der Waals surface area contributed by atoms with Crippen LogP contribution in [0.15, 0.2) is 63.8 Å². The summed E-state index contributed by atoms with van der Waals surface area (Å²) in [6, 6.07) is 14.4. The third-order valence-corrected chi connectivity index (χ3v) is 5.29. The number of methoxy groups -OCH3 is 1. The van der Waals surface area contributed by atoms with E-state index in [-0.39, 0.29) is 34.1 Å². The number of ether oxygens (including phenoxy) is 1. The van der Waals surface area contributed by atoms with Crippen LogP contribution in [-0.2, 0) is 0 Å². The van der Waals surface area contributed by atoms with Crippen LogP contribution in [0.3, 0.4) is 0 Å². The summed E-state index contributed by atoms with van der Waals surface area (Å²) in [6.07, 6.45) is 0. The molecular formula is C23H16N4O6. The van der Waals surface area contributed by atoms with Gasteiger partial charge in [-0.1, -0.05) is 18.2 Å². The molecule has 0 spiro atoms. The average molecular weight is 444 g/mol. The number of nitrogen functional groups attached to an aromatic ring is 1.